The van der Waals surface area contributed by atoms with Crippen molar-refractivity contribution in [3.8, 4) is 5.75 Å². The van der Waals surface area contributed by atoms with Gasteiger partial charge in [-0.15, -0.1) is 0 Å². The van der Waals surface area contributed by atoms with Crippen molar-refractivity contribution < 1.29 is 9.13 Å². The van der Waals surface area contributed by atoms with Gasteiger partial charge in [0, 0.05) is 23.9 Å². The second-order valence-electron chi connectivity index (χ2n) is 5.18. The van der Waals surface area contributed by atoms with Gasteiger partial charge in [-0.1, -0.05) is 19.9 Å². The Bertz CT molecular complexity index is 403. The third-order valence-electron chi connectivity index (χ3n) is 3.68. The van der Waals surface area contributed by atoms with Gasteiger partial charge in [-0.3, -0.25) is 0 Å². The first kappa shape index (κ1) is 11.4. The van der Waals surface area contributed by atoms with E-state index in [1.165, 1.54) is 6.07 Å². The molecular weight excluding hydrogens is 205 g/mol. The van der Waals surface area contributed by atoms with Gasteiger partial charge in [0.1, 0.15) is 17.7 Å². The molecule has 0 aliphatic heterocycles. The highest BCUT2D eigenvalue weighted by Crippen LogP contribution is 2.41. The number of rotatable bonds is 2. The molecule has 1 aromatic carbocycles. The number of aryl methyl sites for hydroxylation is 1. The van der Waals surface area contributed by atoms with Crippen LogP contribution in [0.1, 0.15) is 25.8 Å². The molecule has 1 fully saturated rings. The molecule has 2 atom stereocenters. The summed E-state index contributed by atoms with van der Waals surface area (Å²) in [5, 5.41) is 0. The molecule has 1 saturated carbocycles. The Hall–Kier alpha value is -1.09. The molecule has 1 aliphatic rings. The van der Waals surface area contributed by atoms with Gasteiger partial charge in [0.15, 0.2) is 0 Å². The normalized spacial score (nSPS) is 27.3. The Morgan fingerprint density at radius 1 is 1.44 bits per heavy atom. The summed E-state index contributed by atoms with van der Waals surface area (Å²) >= 11 is 0. The molecule has 2 N–H and O–H groups in total. The molecule has 1 aliphatic carbocycles. The molecule has 2 rings (SSSR count). The first-order valence-corrected chi connectivity index (χ1v) is 5.59. The smallest absolute Gasteiger partial charge is 0.129 e. The van der Waals surface area contributed by atoms with E-state index in [0.717, 1.165) is 6.42 Å². The molecule has 1 aromatic rings. The summed E-state index contributed by atoms with van der Waals surface area (Å²) in [6.07, 6.45) is 0.923. The lowest BCUT2D eigenvalue weighted by atomic mass is 9.65. The Balaban J connectivity index is 2.08. The van der Waals surface area contributed by atoms with Crippen LogP contribution in [0.5, 0.6) is 5.75 Å². The van der Waals surface area contributed by atoms with E-state index < -0.39 is 0 Å². The van der Waals surface area contributed by atoms with E-state index in [4.69, 9.17) is 10.5 Å². The van der Waals surface area contributed by atoms with Gasteiger partial charge >= 0.3 is 0 Å². The van der Waals surface area contributed by atoms with E-state index in [-0.39, 0.29) is 23.4 Å². The average molecular weight is 223 g/mol. The minimum Gasteiger partial charge on any atom is -0.490 e. The van der Waals surface area contributed by atoms with E-state index in [2.05, 4.69) is 13.8 Å². The topological polar surface area (TPSA) is 35.2 Å². The average Bonchev–Trinajstić information content (AvgIpc) is 2.23. The van der Waals surface area contributed by atoms with E-state index in [0.29, 0.717) is 11.3 Å². The van der Waals surface area contributed by atoms with Crippen LogP contribution in [0.4, 0.5) is 4.39 Å². The maximum absolute atomic E-state index is 13.3. The maximum Gasteiger partial charge on any atom is 0.129 e. The SMILES string of the molecule is Cc1ccc(OC2CC(N)C2(C)C)cc1F. The van der Waals surface area contributed by atoms with Crippen molar-refractivity contribution in [3.05, 3.63) is 29.6 Å². The largest absolute Gasteiger partial charge is 0.490 e. The van der Waals surface area contributed by atoms with Crippen molar-refractivity contribution in [3.63, 3.8) is 0 Å². The van der Waals surface area contributed by atoms with Crippen molar-refractivity contribution in [2.75, 3.05) is 0 Å². The Labute approximate surface area is 95.6 Å². The number of hydrogen-bond acceptors (Lipinski definition) is 2. The first-order chi connectivity index (χ1) is 7.41. The zero-order chi connectivity index (χ0) is 11.9. The molecule has 2 unspecified atom stereocenters. The third kappa shape index (κ3) is 1.80. The van der Waals surface area contributed by atoms with Crippen molar-refractivity contribution in [2.24, 2.45) is 11.1 Å². The number of hydrogen-bond donors (Lipinski definition) is 1. The third-order valence-corrected chi connectivity index (χ3v) is 3.68. The molecule has 0 saturated heterocycles. The summed E-state index contributed by atoms with van der Waals surface area (Å²) < 4.78 is 19.1. The lowest BCUT2D eigenvalue weighted by molar-refractivity contribution is -0.0401. The molecule has 0 radical (unpaired) electrons. The van der Waals surface area contributed by atoms with E-state index in [9.17, 15) is 4.39 Å². The Kier molecular flexibility index (Phi) is 2.66. The second-order valence-corrected chi connectivity index (χ2v) is 5.18. The van der Waals surface area contributed by atoms with Gasteiger partial charge in [-0.2, -0.15) is 0 Å². The number of halogens is 1. The molecule has 2 nitrogen and oxygen atoms in total. The summed E-state index contributed by atoms with van der Waals surface area (Å²) in [5.74, 6) is 0.368. The predicted octanol–water partition coefficient (Wildman–Crippen LogP) is 2.64. The van der Waals surface area contributed by atoms with Gasteiger partial charge in [-0.25, -0.2) is 4.39 Å². The molecule has 0 bridgehead atoms. The van der Waals surface area contributed by atoms with Crippen molar-refractivity contribution in [2.45, 2.75) is 39.3 Å². The zero-order valence-corrected chi connectivity index (χ0v) is 9.96. The molecule has 0 spiro atoms. The van der Waals surface area contributed by atoms with Crippen molar-refractivity contribution >= 4 is 0 Å². The fourth-order valence-electron chi connectivity index (χ4n) is 1.93. The Morgan fingerprint density at radius 3 is 2.62 bits per heavy atom. The number of ether oxygens (including phenoxy) is 1. The highest BCUT2D eigenvalue weighted by atomic mass is 19.1. The van der Waals surface area contributed by atoms with E-state index in [1.54, 1.807) is 19.1 Å². The summed E-state index contributed by atoms with van der Waals surface area (Å²) in [5.41, 5.74) is 6.51. The molecule has 16 heavy (non-hydrogen) atoms. The molecule has 0 amide bonds. The highest BCUT2D eigenvalue weighted by Gasteiger charge is 2.47. The Morgan fingerprint density at radius 2 is 2.12 bits per heavy atom. The zero-order valence-electron chi connectivity index (χ0n) is 9.96. The summed E-state index contributed by atoms with van der Waals surface area (Å²) in [4.78, 5) is 0. The molecular formula is C13H18FNO. The minimum atomic E-state index is -0.223. The van der Waals surface area contributed by atoms with Crippen LogP contribution in [0.2, 0.25) is 0 Å². The van der Waals surface area contributed by atoms with Crippen LogP contribution in [0, 0.1) is 18.2 Å². The number of nitrogens with two attached hydrogens (primary N) is 1. The van der Waals surface area contributed by atoms with Gasteiger partial charge in [0.05, 0.1) is 0 Å². The van der Waals surface area contributed by atoms with Crippen LogP contribution in [-0.2, 0) is 0 Å². The van der Waals surface area contributed by atoms with Crippen molar-refractivity contribution in [1.29, 1.82) is 0 Å². The first-order valence-electron chi connectivity index (χ1n) is 5.59. The summed E-state index contributed by atoms with van der Waals surface area (Å²) in [6, 6.07) is 5.15. The molecule has 3 heteroatoms. The van der Waals surface area contributed by atoms with Gasteiger partial charge < -0.3 is 10.5 Å². The van der Waals surface area contributed by atoms with Crippen LogP contribution in [0.25, 0.3) is 0 Å². The number of benzene rings is 1. The van der Waals surface area contributed by atoms with E-state index >= 15 is 0 Å². The fourth-order valence-corrected chi connectivity index (χ4v) is 1.93. The predicted molar refractivity (Wildman–Crippen MR) is 61.9 cm³/mol. The fraction of sp³-hybridized carbons (Fsp3) is 0.538. The van der Waals surface area contributed by atoms with Crippen LogP contribution in [-0.4, -0.2) is 12.1 Å². The summed E-state index contributed by atoms with van der Waals surface area (Å²) in [7, 11) is 0. The second kappa shape index (κ2) is 3.74. The molecule has 88 valence electrons. The van der Waals surface area contributed by atoms with E-state index in [1.807, 2.05) is 0 Å². The van der Waals surface area contributed by atoms with Crippen LogP contribution in [0.15, 0.2) is 18.2 Å². The lowest BCUT2D eigenvalue weighted by Gasteiger charge is -2.49. The monoisotopic (exact) mass is 223 g/mol. The van der Waals surface area contributed by atoms with Crippen LogP contribution < -0.4 is 10.5 Å². The highest BCUT2D eigenvalue weighted by molar-refractivity contribution is 5.28. The molecule has 0 aromatic heterocycles. The summed E-state index contributed by atoms with van der Waals surface area (Å²) in [6.45, 7) is 5.90. The minimum absolute atomic E-state index is 0.0264. The molecule has 0 heterocycles. The van der Waals surface area contributed by atoms with Crippen LogP contribution >= 0.6 is 0 Å². The lowest BCUT2D eigenvalue weighted by Crippen LogP contribution is -2.60. The van der Waals surface area contributed by atoms with Gasteiger partial charge in [-0.05, 0) is 18.6 Å². The van der Waals surface area contributed by atoms with Crippen molar-refractivity contribution in [1.82, 2.24) is 0 Å². The quantitative estimate of drug-likeness (QED) is 0.836. The van der Waals surface area contributed by atoms with Gasteiger partial charge in [0.25, 0.3) is 0 Å². The maximum atomic E-state index is 13.3. The van der Waals surface area contributed by atoms with Gasteiger partial charge in [0.2, 0.25) is 0 Å². The standard InChI is InChI=1S/C13H18FNO/c1-8-4-5-9(6-10(8)14)16-12-7-11(15)13(12,2)3/h4-6,11-12H,7,15H2,1-3H3. The van der Waals surface area contributed by atoms with Crippen LogP contribution in [0.3, 0.4) is 0 Å².